The average Bonchev–Trinajstić information content (AvgIpc) is 2.37. The molecule has 1 aromatic heterocycles. The molecule has 0 spiro atoms. The van der Waals surface area contributed by atoms with E-state index in [0.717, 1.165) is 24.2 Å². The lowest BCUT2D eigenvalue weighted by molar-refractivity contribution is 0.454. The van der Waals surface area contributed by atoms with Crippen LogP contribution in [0.5, 0.6) is 11.6 Å². The van der Waals surface area contributed by atoms with Crippen molar-refractivity contribution in [1.29, 1.82) is 0 Å². The van der Waals surface area contributed by atoms with E-state index in [1.54, 1.807) is 6.07 Å². The number of hydrogen-bond donors (Lipinski definition) is 1. The van der Waals surface area contributed by atoms with E-state index < -0.39 is 0 Å². The van der Waals surface area contributed by atoms with Gasteiger partial charge in [-0.05, 0) is 37.2 Å². The highest BCUT2D eigenvalue weighted by Gasteiger charge is 2.06. The maximum atomic E-state index is 13.3. The summed E-state index contributed by atoms with van der Waals surface area (Å²) in [5, 5.41) is 3.09. The Morgan fingerprint density at radius 1 is 1.25 bits per heavy atom. The Morgan fingerprint density at radius 2 is 2.05 bits per heavy atom. The van der Waals surface area contributed by atoms with Gasteiger partial charge in [0.1, 0.15) is 11.6 Å². The van der Waals surface area contributed by atoms with E-state index in [1.165, 1.54) is 12.1 Å². The maximum Gasteiger partial charge on any atom is 0.219 e. The Balaban J connectivity index is 2.29. The van der Waals surface area contributed by atoms with E-state index in [0.29, 0.717) is 16.1 Å². The van der Waals surface area contributed by atoms with Crippen molar-refractivity contribution in [2.45, 2.75) is 19.9 Å². The van der Waals surface area contributed by atoms with Gasteiger partial charge in [-0.2, -0.15) is 0 Å². The topological polar surface area (TPSA) is 34.1 Å². The van der Waals surface area contributed by atoms with E-state index in [-0.39, 0.29) is 5.82 Å². The minimum absolute atomic E-state index is 0.350. The van der Waals surface area contributed by atoms with Gasteiger partial charge < -0.3 is 10.1 Å². The minimum atomic E-state index is -0.350. The van der Waals surface area contributed by atoms with Crippen LogP contribution in [0.2, 0.25) is 0 Å². The molecule has 0 atom stereocenters. The molecule has 1 N–H and O–H groups in total. The number of rotatable bonds is 5. The monoisotopic (exact) mass is 338 g/mol. The summed E-state index contributed by atoms with van der Waals surface area (Å²) in [4.78, 5) is 4.40. The Labute approximate surface area is 126 Å². The molecule has 2 aromatic rings. The molecule has 2 rings (SSSR count). The summed E-state index contributed by atoms with van der Waals surface area (Å²) in [6.45, 7) is 2.77. The van der Waals surface area contributed by atoms with Gasteiger partial charge in [0.2, 0.25) is 5.88 Å². The molecule has 3 nitrogen and oxygen atoms in total. The Kier molecular flexibility index (Phi) is 5.09. The van der Waals surface area contributed by atoms with Gasteiger partial charge in [-0.25, -0.2) is 9.37 Å². The quantitative estimate of drug-likeness (QED) is 0.892. The van der Waals surface area contributed by atoms with Crippen LogP contribution in [-0.4, -0.2) is 12.0 Å². The molecule has 0 saturated carbocycles. The Hall–Kier alpha value is -1.46. The van der Waals surface area contributed by atoms with E-state index in [9.17, 15) is 4.39 Å². The van der Waals surface area contributed by atoms with Crippen molar-refractivity contribution in [2.75, 3.05) is 7.05 Å². The molecule has 0 bridgehead atoms. The van der Waals surface area contributed by atoms with E-state index in [4.69, 9.17) is 4.74 Å². The first-order valence-electron chi connectivity index (χ1n) is 6.39. The second kappa shape index (κ2) is 6.81. The molecule has 0 aliphatic heterocycles. The van der Waals surface area contributed by atoms with Gasteiger partial charge in [0.25, 0.3) is 0 Å². The van der Waals surface area contributed by atoms with Crippen molar-refractivity contribution in [3.8, 4) is 11.6 Å². The van der Waals surface area contributed by atoms with Gasteiger partial charge in [-0.15, -0.1) is 0 Å². The zero-order valence-electron chi connectivity index (χ0n) is 11.4. The second-order valence-corrected chi connectivity index (χ2v) is 5.31. The third-order valence-electron chi connectivity index (χ3n) is 2.72. The number of halogens is 2. The molecule has 0 radical (unpaired) electrons. The highest BCUT2D eigenvalue weighted by molar-refractivity contribution is 9.10. The van der Waals surface area contributed by atoms with Crippen molar-refractivity contribution in [3.05, 3.63) is 51.9 Å². The van der Waals surface area contributed by atoms with Crippen LogP contribution in [0.25, 0.3) is 0 Å². The third-order valence-corrected chi connectivity index (χ3v) is 3.17. The van der Waals surface area contributed by atoms with Crippen LogP contribution in [0.4, 0.5) is 4.39 Å². The summed E-state index contributed by atoms with van der Waals surface area (Å²) in [6, 6.07) is 8.32. The summed E-state index contributed by atoms with van der Waals surface area (Å²) in [6.07, 6.45) is 0.820. The minimum Gasteiger partial charge on any atom is -0.439 e. The molecule has 5 heteroatoms. The predicted molar refractivity (Wildman–Crippen MR) is 80.6 cm³/mol. The van der Waals surface area contributed by atoms with Gasteiger partial charge in [0, 0.05) is 28.8 Å². The molecule has 0 aliphatic carbocycles. The molecule has 106 valence electrons. The average molecular weight is 339 g/mol. The normalized spacial score (nSPS) is 10.6. The van der Waals surface area contributed by atoms with Crippen LogP contribution in [0.3, 0.4) is 0 Å². The molecule has 0 unspecified atom stereocenters. The van der Waals surface area contributed by atoms with Crippen LogP contribution in [0, 0.1) is 5.82 Å². The van der Waals surface area contributed by atoms with Gasteiger partial charge in [0.15, 0.2) is 0 Å². The SMILES string of the molecule is CCc1cc(CNC)cc(Oc2cc(F)cc(Br)c2)n1. The van der Waals surface area contributed by atoms with Crippen LogP contribution >= 0.6 is 15.9 Å². The number of nitrogens with zero attached hydrogens (tertiary/aromatic N) is 1. The zero-order valence-corrected chi connectivity index (χ0v) is 13.0. The first-order valence-corrected chi connectivity index (χ1v) is 7.18. The Bertz CT molecular complexity index is 584. The van der Waals surface area contributed by atoms with Crippen molar-refractivity contribution in [1.82, 2.24) is 10.3 Å². The number of aryl methyl sites for hydroxylation is 1. The molecule has 1 heterocycles. The summed E-state index contributed by atoms with van der Waals surface area (Å²) in [5.41, 5.74) is 2.04. The van der Waals surface area contributed by atoms with Crippen molar-refractivity contribution < 1.29 is 9.13 Å². The Morgan fingerprint density at radius 3 is 2.70 bits per heavy atom. The third kappa shape index (κ3) is 4.02. The lowest BCUT2D eigenvalue weighted by Gasteiger charge is -2.09. The van der Waals surface area contributed by atoms with Crippen LogP contribution in [0.15, 0.2) is 34.8 Å². The molecule has 0 saturated heterocycles. The molecule has 0 amide bonds. The largest absolute Gasteiger partial charge is 0.439 e. The molecule has 0 aliphatic rings. The zero-order chi connectivity index (χ0) is 14.5. The second-order valence-electron chi connectivity index (χ2n) is 4.40. The molecule has 0 fully saturated rings. The maximum absolute atomic E-state index is 13.3. The van der Waals surface area contributed by atoms with Gasteiger partial charge >= 0.3 is 0 Å². The van der Waals surface area contributed by atoms with Crippen LogP contribution in [0.1, 0.15) is 18.2 Å². The number of benzene rings is 1. The number of hydrogen-bond acceptors (Lipinski definition) is 3. The lowest BCUT2D eigenvalue weighted by Crippen LogP contribution is -2.06. The van der Waals surface area contributed by atoms with Crippen molar-refractivity contribution in [3.63, 3.8) is 0 Å². The highest BCUT2D eigenvalue weighted by atomic mass is 79.9. The number of pyridine rings is 1. The van der Waals surface area contributed by atoms with E-state index in [2.05, 4.69) is 26.2 Å². The highest BCUT2D eigenvalue weighted by Crippen LogP contribution is 2.25. The first-order chi connectivity index (χ1) is 9.60. The fourth-order valence-electron chi connectivity index (χ4n) is 1.87. The summed E-state index contributed by atoms with van der Waals surface area (Å²) in [7, 11) is 1.89. The number of ether oxygens (including phenoxy) is 1. The summed E-state index contributed by atoms with van der Waals surface area (Å²) < 4.78 is 19.6. The number of aromatic nitrogens is 1. The van der Waals surface area contributed by atoms with Gasteiger partial charge in [-0.1, -0.05) is 22.9 Å². The molecule has 1 aromatic carbocycles. The van der Waals surface area contributed by atoms with Crippen molar-refractivity contribution in [2.24, 2.45) is 0 Å². The smallest absolute Gasteiger partial charge is 0.219 e. The van der Waals surface area contributed by atoms with Gasteiger partial charge in [0.05, 0.1) is 0 Å². The van der Waals surface area contributed by atoms with E-state index in [1.807, 2.05) is 26.1 Å². The summed E-state index contributed by atoms with van der Waals surface area (Å²) in [5.74, 6) is 0.552. The summed E-state index contributed by atoms with van der Waals surface area (Å²) >= 11 is 3.24. The van der Waals surface area contributed by atoms with Crippen LogP contribution in [-0.2, 0) is 13.0 Å². The molecular weight excluding hydrogens is 323 g/mol. The predicted octanol–water partition coefficient (Wildman–Crippen LogP) is 4.06. The first kappa shape index (κ1) is 14.9. The van der Waals surface area contributed by atoms with Crippen LogP contribution < -0.4 is 10.1 Å². The van der Waals surface area contributed by atoms with E-state index >= 15 is 0 Å². The fraction of sp³-hybridized carbons (Fsp3) is 0.267. The lowest BCUT2D eigenvalue weighted by atomic mass is 10.2. The fourth-order valence-corrected chi connectivity index (χ4v) is 2.31. The van der Waals surface area contributed by atoms with Gasteiger partial charge in [-0.3, -0.25) is 0 Å². The molecule has 20 heavy (non-hydrogen) atoms. The number of nitrogens with one attached hydrogen (secondary N) is 1. The molecular formula is C15H16BrFN2O. The standard InChI is InChI=1S/C15H16BrFN2O/c1-3-13-4-10(9-18-2)5-15(19-13)20-14-7-11(16)6-12(17)8-14/h4-8,18H,3,9H2,1-2H3. The van der Waals surface area contributed by atoms with Crippen molar-refractivity contribution >= 4 is 15.9 Å².